The molecule has 0 spiro atoms. The number of rotatable bonds is 8. The number of H-pyrrole nitrogens is 1. The Morgan fingerprint density at radius 2 is 1.89 bits per heavy atom. The first kappa shape index (κ1) is 26.1. The van der Waals surface area contributed by atoms with Crippen LogP contribution in [0.15, 0.2) is 9.59 Å². The second kappa shape index (κ2) is 10.4. The van der Waals surface area contributed by atoms with Gasteiger partial charge in [0, 0.05) is 27.3 Å². The van der Waals surface area contributed by atoms with Gasteiger partial charge in [-0.3, -0.25) is 34.0 Å². The molecule has 3 rings (SSSR count). The second-order valence-corrected chi connectivity index (χ2v) is 8.14. The highest BCUT2D eigenvalue weighted by molar-refractivity contribution is 5.87. The van der Waals surface area contributed by atoms with Crippen LogP contribution in [-0.2, 0) is 35.1 Å². The van der Waals surface area contributed by atoms with E-state index in [4.69, 9.17) is 14.2 Å². The summed E-state index contributed by atoms with van der Waals surface area (Å²) in [5.74, 6) is -2.26. The number of hydrogen-bond donors (Lipinski definition) is 2. The Morgan fingerprint density at radius 3 is 2.43 bits per heavy atom. The predicted molar refractivity (Wildman–Crippen MR) is 119 cm³/mol. The summed E-state index contributed by atoms with van der Waals surface area (Å²) in [5, 5.41) is 2.34. The van der Waals surface area contributed by atoms with Gasteiger partial charge in [-0.25, -0.2) is 13.8 Å². The van der Waals surface area contributed by atoms with E-state index in [2.05, 4.69) is 15.3 Å². The number of anilines is 1. The molecule has 0 radical (unpaired) electrons. The van der Waals surface area contributed by atoms with Gasteiger partial charge in [0.2, 0.25) is 11.9 Å². The van der Waals surface area contributed by atoms with Crippen molar-refractivity contribution in [2.24, 2.45) is 0 Å². The van der Waals surface area contributed by atoms with E-state index >= 15 is 4.39 Å². The van der Waals surface area contributed by atoms with Crippen molar-refractivity contribution in [3.63, 3.8) is 0 Å². The van der Waals surface area contributed by atoms with E-state index in [1.54, 1.807) is 13.8 Å². The van der Waals surface area contributed by atoms with E-state index in [1.807, 2.05) is 0 Å². The van der Waals surface area contributed by atoms with E-state index in [-0.39, 0.29) is 30.1 Å². The van der Waals surface area contributed by atoms with Gasteiger partial charge in [0.25, 0.3) is 5.56 Å². The van der Waals surface area contributed by atoms with Gasteiger partial charge in [-0.2, -0.15) is 4.98 Å². The van der Waals surface area contributed by atoms with Crippen molar-refractivity contribution < 1.29 is 33.0 Å². The zero-order valence-corrected chi connectivity index (χ0v) is 20.0. The maximum atomic E-state index is 15.6. The molecule has 192 valence electrons. The molecule has 3 heterocycles. The van der Waals surface area contributed by atoms with Crippen LogP contribution in [0, 0.1) is 0 Å². The number of imidazole rings is 1. The topological polar surface area (TPSA) is 164 Å². The monoisotopic (exact) mass is 497 g/mol. The van der Waals surface area contributed by atoms with Gasteiger partial charge in [-0.05, 0) is 12.8 Å². The van der Waals surface area contributed by atoms with Crippen molar-refractivity contribution in [2.45, 2.75) is 84.7 Å². The quantitative estimate of drug-likeness (QED) is 0.501. The fourth-order valence-electron chi connectivity index (χ4n) is 4.14. The number of halogens is 1. The molecule has 1 aliphatic rings. The van der Waals surface area contributed by atoms with Crippen LogP contribution in [0.1, 0.15) is 53.7 Å². The molecular formula is C21H28FN5O8. The number of ether oxygens (including phenoxy) is 3. The number of aromatic amines is 1. The largest absolute Gasteiger partial charge is 0.460 e. The summed E-state index contributed by atoms with van der Waals surface area (Å²) in [5.41, 5.74) is -1.80. The first-order valence-electron chi connectivity index (χ1n) is 11.2. The van der Waals surface area contributed by atoms with Crippen LogP contribution in [0.2, 0.25) is 0 Å². The van der Waals surface area contributed by atoms with Gasteiger partial charge in [-0.15, -0.1) is 0 Å². The van der Waals surface area contributed by atoms with Gasteiger partial charge in [-0.1, -0.05) is 13.8 Å². The van der Waals surface area contributed by atoms with Crippen molar-refractivity contribution in [2.75, 3.05) is 5.32 Å². The lowest BCUT2D eigenvalue weighted by molar-refractivity contribution is -0.159. The third-order valence-electron chi connectivity index (χ3n) is 5.40. The molecule has 0 aliphatic carbocycles. The number of esters is 2. The molecule has 0 saturated carbocycles. The molecule has 14 heteroatoms. The summed E-state index contributed by atoms with van der Waals surface area (Å²) in [6, 6.07) is 0. The molecule has 0 bridgehead atoms. The van der Waals surface area contributed by atoms with Crippen LogP contribution in [0.3, 0.4) is 0 Å². The molecule has 1 unspecified atom stereocenters. The summed E-state index contributed by atoms with van der Waals surface area (Å²) < 4.78 is 33.9. The number of amides is 1. The van der Waals surface area contributed by atoms with Gasteiger partial charge in [0.1, 0.15) is 12.2 Å². The lowest BCUT2D eigenvalue weighted by Crippen LogP contribution is -2.39. The van der Waals surface area contributed by atoms with Crippen molar-refractivity contribution in [3.8, 4) is 0 Å². The zero-order chi connectivity index (χ0) is 26.0. The van der Waals surface area contributed by atoms with Crippen LogP contribution in [0.5, 0.6) is 0 Å². The Morgan fingerprint density at radius 1 is 1.20 bits per heavy atom. The van der Waals surface area contributed by atoms with Gasteiger partial charge in [0.15, 0.2) is 29.7 Å². The summed E-state index contributed by atoms with van der Waals surface area (Å²) >= 11 is 0. The van der Waals surface area contributed by atoms with Crippen molar-refractivity contribution in [1.29, 1.82) is 0 Å². The Kier molecular flexibility index (Phi) is 7.73. The summed E-state index contributed by atoms with van der Waals surface area (Å²) in [6.45, 7) is 7.00. The Hall–Kier alpha value is -3.55. The van der Waals surface area contributed by atoms with Gasteiger partial charge >= 0.3 is 17.6 Å². The highest BCUT2D eigenvalue weighted by Crippen LogP contribution is 2.37. The van der Waals surface area contributed by atoms with Gasteiger partial charge in [0.05, 0.1) is 0 Å². The normalized spacial score (nSPS) is 22.7. The Labute approximate surface area is 198 Å². The molecule has 1 aliphatic heterocycles. The van der Waals surface area contributed by atoms with E-state index < -0.39 is 59.8 Å². The number of nitrogens with one attached hydrogen (secondary N) is 2. The number of fused-ring (bicyclic) bond motifs is 1. The maximum absolute atomic E-state index is 15.6. The number of nitrogens with zero attached hydrogens (tertiary/aromatic N) is 3. The molecular weight excluding hydrogens is 469 g/mol. The second-order valence-electron chi connectivity index (χ2n) is 8.14. The molecule has 1 fully saturated rings. The summed E-state index contributed by atoms with van der Waals surface area (Å²) in [7, 11) is 0. The minimum Gasteiger partial charge on any atom is -0.460 e. The highest BCUT2D eigenvalue weighted by atomic mass is 19.1. The fourth-order valence-corrected chi connectivity index (χ4v) is 4.14. The van der Waals surface area contributed by atoms with Crippen LogP contribution in [-0.4, -0.2) is 61.4 Å². The molecule has 2 aromatic rings. The molecule has 2 N–H and O–H groups in total. The van der Waals surface area contributed by atoms with E-state index in [0.717, 1.165) is 23.0 Å². The van der Waals surface area contributed by atoms with Crippen molar-refractivity contribution in [1.82, 2.24) is 19.1 Å². The lowest BCUT2D eigenvalue weighted by Gasteiger charge is -2.23. The average Bonchev–Trinajstić information content (AvgIpc) is 3.20. The first-order chi connectivity index (χ1) is 16.5. The minimum atomic E-state index is -1.97. The van der Waals surface area contributed by atoms with Gasteiger partial charge < -0.3 is 14.2 Å². The van der Waals surface area contributed by atoms with Crippen molar-refractivity contribution >= 4 is 35.0 Å². The third kappa shape index (κ3) is 5.11. The predicted octanol–water partition coefficient (Wildman–Crippen LogP) is 0.764. The van der Waals surface area contributed by atoms with E-state index in [0.29, 0.717) is 6.42 Å². The summed E-state index contributed by atoms with van der Waals surface area (Å²) in [4.78, 5) is 67.7. The van der Waals surface area contributed by atoms with E-state index in [1.165, 1.54) is 6.92 Å². The SMILES string of the molecule is CCCn1c(=O)n([C@@H]2O[C@H](C(CC)OC(C)=O)[C@H](F)[C@H]2OC(C)=O)c2nc(NC(C)=O)[nH]c(=O)c21. The van der Waals surface area contributed by atoms with Crippen LogP contribution in [0.25, 0.3) is 11.2 Å². The van der Waals surface area contributed by atoms with Crippen LogP contribution < -0.4 is 16.6 Å². The van der Waals surface area contributed by atoms with Crippen molar-refractivity contribution in [3.05, 3.63) is 20.8 Å². The fraction of sp³-hybridized carbons (Fsp3) is 0.619. The lowest BCUT2D eigenvalue weighted by atomic mass is 10.0. The van der Waals surface area contributed by atoms with Crippen LogP contribution in [0.4, 0.5) is 10.3 Å². The third-order valence-corrected chi connectivity index (χ3v) is 5.40. The number of alkyl halides is 1. The standard InChI is InChI=1S/C21H28FN5O8/c1-6-8-26-14-17(24-20(23-9(3)28)25-18(14)31)27(21(26)32)19-16(34-11(5)30)13(22)15(35-19)12(7-2)33-10(4)29/h12-13,15-16,19H,6-8H2,1-5H3,(H2,23,24,25,28,31)/t12?,13-,15+,16+,19+/m0/s1. The molecule has 2 aromatic heterocycles. The zero-order valence-electron chi connectivity index (χ0n) is 20.0. The first-order valence-corrected chi connectivity index (χ1v) is 11.2. The number of hydrogen-bond acceptors (Lipinski definition) is 9. The summed E-state index contributed by atoms with van der Waals surface area (Å²) in [6.07, 6.45) is -6.85. The average molecular weight is 497 g/mol. The molecule has 0 aromatic carbocycles. The van der Waals surface area contributed by atoms with Crippen LogP contribution >= 0.6 is 0 Å². The molecule has 1 amide bonds. The smallest absolute Gasteiger partial charge is 0.332 e. The number of carbonyl (C=O) groups is 3. The molecule has 35 heavy (non-hydrogen) atoms. The minimum absolute atomic E-state index is 0.123. The molecule has 5 atom stereocenters. The highest BCUT2D eigenvalue weighted by Gasteiger charge is 2.53. The molecule has 1 saturated heterocycles. The Bertz CT molecular complexity index is 1250. The number of aromatic nitrogens is 4. The Balaban J connectivity index is 2.24. The number of aryl methyl sites for hydroxylation is 1. The molecule has 13 nitrogen and oxygen atoms in total. The maximum Gasteiger partial charge on any atom is 0.332 e. The number of carbonyl (C=O) groups excluding carboxylic acids is 3. The van der Waals surface area contributed by atoms with E-state index in [9.17, 15) is 24.0 Å².